The molecule has 0 spiro atoms. The van der Waals surface area contributed by atoms with E-state index in [2.05, 4.69) is 25.9 Å². The van der Waals surface area contributed by atoms with Crippen LogP contribution in [-0.2, 0) is 9.53 Å². The topological polar surface area (TPSA) is 158 Å². The highest BCUT2D eigenvalue weighted by Gasteiger charge is 2.36. The fourth-order valence-electron chi connectivity index (χ4n) is 4.98. The lowest BCUT2D eigenvalue weighted by atomic mass is 10.2. The first-order valence-electron chi connectivity index (χ1n) is 14.2. The van der Waals surface area contributed by atoms with Gasteiger partial charge in [0.25, 0.3) is 5.91 Å². The Hall–Kier alpha value is -5.27. The number of nitrogens with one attached hydrogen (secondary N) is 4. The van der Waals surface area contributed by atoms with Crippen molar-refractivity contribution in [3.05, 3.63) is 90.0 Å². The van der Waals surface area contributed by atoms with Crippen molar-refractivity contribution >= 4 is 29.3 Å². The van der Waals surface area contributed by atoms with Gasteiger partial charge in [0, 0.05) is 50.2 Å². The summed E-state index contributed by atoms with van der Waals surface area (Å²) in [6.45, 7) is 2.81. The number of halogens is 1. The molecule has 3 amide bonds. The molecule has 1 fully saturated rings. The lowest BCUT2D eigenvalue weighted by Crippen LogP contribution is -2.41. The number of H-pyrrole nitrogens is 1. The number of hydrogen-bond donors (Lipinski definition) is 5. The van der Waals surface area contributed by atoms with E-state index in [1.54, 1.807) is 78.8 Å². The Morgan fingerprint density at radius 1 is 1.07 bits per heavy atom. The minimum atomic E-state index is -0.614. The highest BCUT2D eigenvalue weighted by molar-refractivity contribution is 6.00. The van der Waals surface area contributed by atoms with Gasteiger partial charge in [-0.25, -0.2) is 9.18 Å². The molecular formula is C32H33FN6O6. The number of anilines is 2. The summed E-state index contributed by atoms with van der Waals surface area (Å²) in [5, 5.41) is 17.9. The van der Waals surface area contributed by atoms with Crippen molar-refractivity contribution in [2.45, 2.75) is 25.5 Å². The number of aliphatic hydroxyl groups excluding tert-OH is 1. The van der Waals surface area contributed by atoms with E-state index < -0.39 is 30.0 Å². The van der Waals surface area contributed by atoms with Gasteiger partial charge in [0.2, 0.25) is 0 Å². The number of ether oxygens (including phenoxy) is 2. The third-order valence-electron chi connectivity index (χ3n) is 7.21. The summed E-state index contributed by atoms with van der Waals surface area (Å²) in [6.07, 6.45) is 2.85. The van der Waals surface area contributed by atoms with Crippen LogP contribution in [0.3, 0.4) is 0 Å². The minimum absolute atomic E-state index is 0.0879. The molecule has 0 bridgehead atoms. The molecule has 0 saturated carbocycles. The van der Waals surface area contributed by atoms with E-state index in [1.165, 1.54) is 13.2 Å². The molecule has 5 rings (SSSR count). The first-order valence-corrected chi connectivity index (χ1v) is 14.2. The van der Waals surface area contributed by atoms with Crippen LogP contribution in [0.25, 0.3) is 11.4 Å². The maximum atomic E-state index is 13.9. The third-order valence-corrected chi connectivity index (χ3v) is 7.21. The van der Waals surface area contributed by atoms with Crippen molar-refractivity contribution in [3.63, 3.8) is 0 Å². The zero-order chi connectivity index (χ0) is 31.9. The van der Waals surface area contributed by atoms with Crippen LogP contribution < -0.4 is 20.7 Å². The molecule has 0 radical (unpaired) electrons. The number of esters is 1. The Labute approximate surface area is 258 Å². The molecule has 0 aliphatic carbocycles. The van der Waals surface area contributed by atoms with E-state index in [0.717, 1.165) is 5.56 Å². The largest absolute Gasteiger partial charge is 0.468 e. The number of carbonyl (C=O) groups excluding carboxylic acids is 3. The molecule has 4 aromatic rings. The molecule has 2 atom stereocenters. The van der Waals surface area contributed by atoms with Gasteiger partial charge in [-0.05, 0) is 61.0 Å². The fourth-order valence-corrected chi connectivity index (χ4v) is 4.98. The number of benzene rings is 2. The average molecular weight is 617 g/mol. The second-order valence-corrected chi connectivity index (χ2v) is 10.5. The zero-order valence-corrected chi connectivity index (χ0v) is 24.7. The zero-order valence-electron chi connectivity index (χ0n) is 24.7. The van der Waals surface area contributed by atoms with Crippen LogP contribution in [0.5, 0.6) is 11.5 Å². The van der Waals surface area contributed by atoms with E-state index in [0.29, 0.717) is 53.6 Å². The van der Waals surface area contributed by atoms with Gasteiger partial charge in [0.15, 0.2) is 0 Å². The normalized spacial score (nSPS) is 16.2. The average Bonchev–Trinajstić information content (AvgIpc) is 3.67. The summed E-state index contributed by atoms with van der Waals surface area (Å²) >= 11 is 0. The number of rotatable bonds is 10. The predicted octanol–water partition coefficient (Wildman–Crippen LogP) is 4.30. The van der Waals surface area contributed by atoms with E-state index >= 15 is 0 Å². The first kappa shape index (κ1) is 31.2. The van der Waals surface area contributed by atoms with Crippen LogP contribution in [0.1, 0.15) is 22.3 Å². The van der Waals surface area contributed by atoms with E-state index in [4.69, 9.17) is 9.47 Å². The molecular weight excluding hydrogens is 583 g/mol. The lowest BCUT2D eigenvalue weighted by Gasteiger charge is -2.21. The van der Waals surface area contributed by atoms with Gasteiger partial charge in [-0.1, -0.05) is 6.07 Å². The standard InChI is InChI=1S/C32H33FN6O6/c1-19-3-8-25(33)26(13-19)38-32(43)37-21-4-6-23(7-5-21)45-24-9-10-34-28(16-24)27-14-20(17-36-27)30(41)35-11-12-39-18-22(40)15-29(39)31(42)44-2/h3-10,13-14,16-17,22,29,36,40H,11-12,15,18H2,1-2H3,(H,35,41)(H2,37,38,43)/t22-,29+/m0/s1. The van der Waals surface area contributed by atoms with Crippen LogP contribution in [0.4, 0.5) is 20.6 Å². The van der Waals surface area contributed by atoms with Gasteiger partial charge in [0.1, 0.15) is 23.4 Å². The summed E-state index contributed by atoms with van der Waals surface area (Å²) < 4.78 is 24.7. The van der Waals surface area contributed by atoms with Gasteiger partial charge in [-0.3, -0.25) is 19.5 Å². The van der Waals surface area contributed by atoms with Crippen LogP contribution in [0.2, 0.25) is 0 Å². The highest BCUT2D eigenvalue weighted by Crippen LogP contribution is 2.27. The van der Waals surface area contributed by atoms with Crippen LogP contribution in [0.15, 0.2) is 73.1 Å². The number of aromatic nitrogens is 2. The molecule has 234 valence electrons. The van der Waals surface area contributed by atoms with Crippen molar-refractivity contribution < 1.29 is 33.4 Å². The maximum absolute atomic E-state index is 13.9. The monoisotopic (exact) mass is 616 g/mol. The Morgan fingerprint density at radius 3 is 2.64 bits per heavy atom. The van der Waals surface area contributed by atoms with Crippen molar-refractivity contribution in [2.24, 2.45) is 0 Å². The molecule has 13 heteroatoms. The molecule has 1 aliphatic rings. The number of amides is 3. The lowest BCUT2D eigenvalue weighted by molar-refractivity contribution is -0.145. The molecule has 1 saturated heterocycles. The summed E-state index contributed by atoms with van der Waals surface area (Å²) in [7, 11) is 1.31. The van der Waals surface area contributed by atoms with Gasteiger partial charge >= 0.3 is 12.0 Å². The van der Waals surface area contributed by atoms with E-state index in [9.17, 15) is 23.9 Å². The number of pyridine rings is 1. The van der Waals surface area contributed by atoms with Crippen molar-refractivity contribution in [1.29, 1.82) is 0 Å². The van der Waals surface area contributed by atoms with Gasteiger partial charge < -0.3 is 35.5 Å². The molecule has 2 aromatic carbocycles. The van der Waals surface area contributed by atoms with Gasteiger partial charge in [-0.2, -0.15) is 0 Å². The molecule has 0 unspecified atom stereocenters. The number of aromatic amines is 1. The number of β-amino-alcohol motifs (C(OH)–C–C–N with tert-alkyl or cyclic N) is 1. The van der Waals surface area contributed by atoms with E-state index in [1.807, 2.05) is 0 Å². The van der Waals surface area contributed by atoms with Crippen molar-refractivity contribution in [1.82, 2.24) is 20.2 Å². The van der Waals surface area contributed by atoms with Gasteiger partial charge in [-0.15, -0.1) is 0 Å². The molecule has 5 N–H and O–H groups in total. The predicted molar refractivity (Wildman–Crippen MR) is 165 cm³/mol. The third kappa shape index (κ3) is 8.02. The summed E-state index contributed by atoms with van der Waals surface area (Å²) in [6, 6.07) is 15.1. The molecule has 3 heterocycles. The summed E-state index contributed by atoms with van der Waals surface area (Å²) in [4.78, 5) is 46.2. The number of carbonyl (C=O) groups is 3. The highest BCUT2D eigenvalue weighted by atomic mass is 19.1. The van der Waals surface area contributed by atoms with Crippen LogP contribution >= 0.6 is 0 Å². The number of aryl methyl sites for hydroxylation is 1. The second kappa shape index (κ2) is 14.0. The quantitative estimate of drug-likeness (QED) is 0.165. The second-order valence-electron chi connectivity index (χ2n) is 10.5. The Bertz CT molecular complexity index is 1680. The molecule has 12 nitrogen and oxygen atoms in total. The maximum Gasteiger partial charge on any atom is 0.323 e. The van der Waals surface area contributed by atoms with E-state index in [-0.39, 0.29) is 18.1 Å². The number of urea groups is 1. The SMILES string of the molecule is COC(=O)[C@H]1C[C@H](O)CN1CCNC(=O)c1c[nH]c(-c2cc(Oc3ccc(NC(=O)Nc4cc(C)ccc4F)cc3)ccn2)c1. The number of aliphatic hydroxyl groups is 1. The molecule has 1 aliphatic heterocycles. The molecule has 45 heavy (non-hydrogen) atoms. The number of likely N-dealkylation sites (tertiary alicyclic amines) is 1. The number of hydrogen-bond acceptors (Lipinski definition) is 8. The summed E-state index contributed by atoms with van der Waals surface area (Å²) in [5.41, 5.74) is 2.96. The molecule has 2 aromatic heterocycles. The minimum Gasteiger partial charge on any atom is -0.468 e. The number of methoxy groups -OCH3 is 1. The Balaban J connectivity index is 1.13. The Kier molecular flexibility index (Phi) is 9.70. The van der Waals surface area contributed by atoms with Crippen LogP contribution in [-0.4, -0.2) is 76.8 Å². The first-order chi connectivity index (χ1) is 21.7. The van der Waals surface area contributed by atoms with Crippen molar-refractivity contribution in [3.8, 4) is 22.9 Å². The fraction of sp³-hybridized carbons (Fsp3) is 0.250. The summed E-state index contributed by atoms with van der Waals surface area (Å²) in [5.74, 6) is -0.221. The smallest absolute Gasteiger partial charge is 0.323 e. The van der Waals surface area contributed by atoms with Gasteiger partial charge in [0.05, 0.1) is 35.9 Å². The number of nitrogens with zero attached hydrogens (tertiary/aromatic N) is 2. The van der Waals surface area contributed by atoms with Crippen LogP contribution in [0, 0.1) is 12.7 Å². The van der Waals surface area contributed by atoms with Crippen molar-refractivity contribution in [2.75, 3.05) is 37.4 Å². The Morgan fingerprint density at radius 2 is 1.87 bits per heavy atom.